The lowest BCUT2D eigenvalue weighted by atomic mass is 9.84. The van der Waals surface area contributed by atoms with Gasteiger partial charge in [0.25, 0.3) is 5.91 Å². The van der Waals surface area contributed by atoms with Crippen LogP contribution in [0.1, 0.15) is 73.2 Å². The molecule has 1 saturated carbocycles. The van der Waals surface area contributed by atoms with E-state index < -0.39 is 9.84 Å². The summed E-state index contributed by atoms with van der Waals surface area (Å²) in [7, 11) is -3.05. The number of rotatable bonds is 5. The lowest BCUT2D eigenvalue weighted by Gasteiger charge is -2.30. The number of ether oxygens (including phenoxy) is 1. The van der Waals surface area contributed by atoms with Crippen molar-refractivity contribution in [2.24, 2.45) is 0 Å². The Morgan fingerprint density at radius 3 is 2.36 bits per heavy atom. The van der Waals surface area contributed by atoms with E-state index >= 15 is 0 Å². The molecule has 2 atom stereocenters. The van der Waals surface area contributed by atoms with Crippen molar-refractivity contribution in [3.8, 4) is 0 Å². The first-order valence-corrected chi connectivity index (χ1v) is 12.6. The Bertz CT molecular complexity index is 777. The van der Waals surface area contributed by atoms with Crippen molar-refractivity contribution in [1.82, 2.24) is 4.90 Å². The molecule has 1 aromatic rings. The maximum Gasteiger partial charge on any atom is 0.254 e. The van der Waals surface area contributed by atoms with Gasteiger partial charge in [-0.1, -0.05) is 31.4 Å². The van der Waals surface area contributed by atoms with E-state index in [1.807, 2.05) is 12.1 Å². The molecule has 0 aromatic heterocycles. The van der Waals surface area contributed by atoms with Crippen LogP contribution in [0.5, 0.6) is 0 Å². The van der Waals surface area contributed by atoms with Crippen molar-refractivity contribution in [2.45, 2.75) is 69.4 Å². The first-order valence-electron chi connectivity index (χ1n) is 10.7. The third-order valence-corrected chi connectivity index (χ3v) is 8.32. The Hall–Kier alpha value is -1.40. The van der Waals surface area contributed by atoms with Crippen molar-refractivity contribution in [3.05, 3.63) is 35.4 Å². The minimum Gasteiger partial charge on any atom is -0.376 e. The highest BCUT2D eigenvalue weighted by molar-refractivity contribution is 7.91. The number of nitrogens with zero attached hydrogens (tertiary/aromatic N) is 1. The van der Waals surface area contributed by atoms with Crippen LogP contribution in [0.4, 0.5) is 0 Å². The van der Waals surface area contributed by atoms with Gasteiger partial charge >= 0.3 is 0 Å². The number of amides is 1. The Labute approximate surface area is 168 Å². The fourth-order valence-electron chi connectivity index (χ4n) is 4.93. The van der Waals surface area contributed by atoms with Crippen LogP contribution in [-0.2, 0) is 14.6 Å². The van der Waals surface area contributed by atoms with Crippen molar-refractivity contribution >= 4 is 15.7 Å². The molecule has 0 spiro atoms. The second-order valence-electron chi connectivity index (χ2n) is 8.61. The predicted octanol–water partition coefficient (Wildman–Crippen LogP) is 3.54. The summed E-state index contributed by atoms with van der Waals surface area (Å²) in [5.41, 5.74) is 1.98. The summed E-state index contributed by atoms with van der Waals surface area (Å²) in [6, 6.07) is 7.81. The highest BCUT2D eigenvalue weighted by Crippen LogP contribution is 2.33. The van der Waals surface area contributed by atoms with Gasteiger partial charge in [0, 0.05) is 24.8 Å². The summed E-state index contributed by atoms with van der Waals surface area (Å²) >= 11 is 0. The molecule has 2 heterocycles. The molecular weight excluding hydrogens is 374 g/mol. The number of benzene rings is 1. The van der Waals surface area contributed by atoms with Crippen LogP contribution in [0.3, 0.4) is 0 Å². The molecule has 5 nitrogen and oxygen atoms in total. The molecule has 1 amide bonds. The van der Waals surface area contributed by atoms with Gasteiger partial charge in [-0.05, 0) is 55.7 Å². The Morgan fingerprint density at radius 2 is 1.75 bits per heavy atom. The molecule has 28 heavy (non-hydrogen) atoms. The molecule has 0 radical (unpaired) electrons. The molecule has 3 aliphatic rings. The summed E-state index contributed by atoms with van der Waals surface area (Å²) < 4.78 is 29.7. The molecule has 1 aromatic carbocycles. The molecule has 2 saturated heterocycles. The average molecular weight is 406 g/mol. The van der Waals surface area contributed by atoms with Gasteiger partial charge in [-0.15, -0.1) is 0 Å². The van der Waals surface area contributed by atoms with Gasteiger partial charge < -0.3 is 9.64 Å². The standard InChI is InChI=1S/C22H31NO4S/c24-22(19-10-8-18(9-11-19)17-5-2-1-3-6-17)23(15-21-7-4-13-27-21)20-12-14-28(25,26)16-20/h8-11,17,20-21H,1-7,12-16H2/t20-,21-/m0/s1. The second-order valence-corrected chi connectivity index (χ2v) is 10.8. The summed E-state index contributed by atoms with van der Waals surface area (Å²) in [4.78, 5) is 15.1. The SMILES string of the molecule is O=C(c1ccc(C2CCCCC2)cc1)N(C[C@@H]1CCCO1)[C@H]1CCS(=O)(=O)C1. The second kappa shape index (κ2) is 8.54. The third-order valence-electron chi connectivity index (χ3n) is 6.57. The van der Waals surface area contributed by atoms with E-state index in [1.165, 1.54) is 37.7 Å². The highest BCUT2D eigenvalue weighted by atomic mass is 32.2. The van der Waals surface area contributed by atoms with Gasteiger partial charge in [0.2, 0.25) is 0 Å². The molecule has 1 aliphatic carbocycles. The van der Waals surface area contributed by atoms with Crippen LogP contribution in [0, 0.1) is 0 Å². The molecule has 0 bridgehead atoms. The van der Waals surface area contributed by atoms with Crippen molar-refractivity contribution in [1.29, 1.82) is 0 Å². The molecular formula is C22H31NO4S. The van der Waals surface area contributed by atoms with Crippen LogP contribution < -0.4 is 0 Å². The Morgan fingerprint density at radius 1 is 1.00 bits per heavy atom. The number of carbonyl (C=O) groups excluding carboxylic acids is 1. The lowest BCUT2D eigenvalue weighted by Crippen LogP contribution is -2.45. The highest BCUT2D eigenvalue weighted by Gasteiger charge is 2.36. The van der Waals surface area contributed by atoms with Crippen LogP contribution in [0.15, 0.2) is 24.3 Å². The molecule has 0 N–H and O–H groups in total. The monoisotopic (exact) mass is 405 g/mol. The topological polar surface area (TPSA) is 63.7 Å². The van der Waals surface area contributed by atoms with Crippen molar-refractivity contribution in [3.63, 3.8) is 0 Å². The predicted molar refractivity (Wildman–Crippen MR) is 109 cm³/mol. The van der Waals surface area contributed by atoms with E-state index in [2.05, 4.69) is 12.1 Å². The smallest absolute Gasteiger partial charge is 0.254 e. The van der Waals surface area contributed by atoms with Gasteiger partial charge in [-0.25, -0.2) is 8.42 Å². The zero-order valence-corrected chi connectivity index (χ0v) is 17.3. The summed E-state index contributed by atoms with van der Waals surface area (Å²) in [5.74, 6) is 0.799. The van der Waals surface area contributed by atoms with Crippen molar-refractivity contribution < 1.29 is 17.9 Å². The largest absolute Gasteiger partial charge is 0.376 e. The van der Waals surface area contributed by atoms with E-state index in [4.69, 9.17) is 4.74 Å². The van der Waals surface area contributed by atoms with E-state index in [9.17, 15) is 13.2 Å². The van der Waals surface area contributed by atoms with Gasteiger partial charge in [0.05, 0.1) is 17.6 Å². The molecule has 0 unspecified atom stereocenters. The van der Waals surface area contributed by atoms with E-state index in [0.29, 0.717) is 24.4 Å². The Balaban J connectivity index is 1.50. The Kier molecular flexibility index (Phi) is 6.07. The lowest BCUT2D eigenvalue weighted by molar-refractivity contribution is 0.0441. The molecule has 3 fully saturated rings. The number of hydrogen-bond acceptors (Lipinski definition) is 4. The van der Waals surface area contributed by atoms with E-state index in [0.717, 1.165) is 19.4 Å². The molecule has 4 rings (SSSR count). The fourth-order valence-corrected chi connectivity index (χ4v) is 6.66. The van der Waals surface area contributed by atoms with Gasteiger partial charge in [0.1, 0.15) is 0 Å². The zero-order chi connectivity index (χ0) is 19.6. The maximum atomic E-state index is 13.3. The maximum absolute atomic E-state index is 13.3. The van der Waals surface area contributed by atoms with Gasteiger partial charge in [-0.3, -0.25) is 4.79 Å². The van der Waals surface area contributed by atoms with Gasteiger partial charge in [0.15, 0.2) is 9.84 Å². The quantitative estimate of drug-likeness (QED) is 0.752. The normalized spacial score (nSPS) is 27.7. The zero-order valence-electron chi connectivity index (χ0n) is 16.5. The van der Waals surface area contributed by atoms with Gasteiger partial charge in [-0.2, -0.15) is 0 Å². The summed E-state index contributed by atoms with van der Waals surface area (Å²) in [6.45, 7) is 1.22. The molecule has 6 heteroatoms. The number of hydrogen-bond donors (Lipinski definition) is 0. The average Bonchev–Trinajstić information content (AvgIpc) is 3.35. The third kappa shape index (κ3) is 4.60. The minimum absolute atomic E-state index is 0.0220. The summed E-state index contributed by atoms with van der Waals surface area (Å²) in [6.07, 6.45) is 8.87. The molecule has 154 valence electrons. The van der Waals surface area contributed by atoms with E-state index in [1.54, 1.807) is 4.90 Å². The van der Waals surface area contributed by atoms with Crippen LogP contribution >= 0.6 is 0 Å². The van der Waals surface area contributed by atoms with Crippen molar-refractivity contribution in [2.75, 3.05) is 24.7 Å². The van der Waals surface area contributed by atoms with Crippen LogP contribution in [0.25, 0.3) is 0 Å². The number of carbonyl (C=O) groups is 1. The number of sulfone groups is 1. The van der Waals surface area contributed by atoms with Crippen LogP contribution in [-0.4, -0.2) is 56.0 Å². The fraction of sp³-hybridized carbons (Fsp3) is 0.682. The molecule has 2 aliphatic heterocycles. The van der Waals surface area contributed by atoms with E-state index in [-0.39, 0.29) is 29.6 Å². The summed E-state index contributed by atoms with van der Waals surface area (Å²) in [5, 5.41) is 0. The van der Waals surface area contributed by atoms with Crippen LogP contribution in [0.2, 0.25) is 0 Å². The first kappa shape index (κ1) is 19.9. The minimum atomic E-state index is -3.05. The first-order chi connectivity index (χ1) is 13.5.